The Morgan fingerprint density at radius 2 is 2.09 bits per heavy atom. The Morgan fingerprint density at radius 3 is 2.86 bits per heavy atom. The molecule has 1 aliphatic carbocycles. The molecule has 0 unspecified atom stereocenters. The van der Waals surface area contributed by atoms with Gasteiger partial charge in [-0.05, 0) is 37.8 Å². The smallest absolute Gasteiger partial charge is 0.229 e. The van der Waals surface area contributed by atoms with Gasteiger partial charge in [0, 0.05) is 18.5 Å². The number of hydrogen-bond acceptors (Lipinski definition) is 5. The number of anilines is 1. The molecule has 3 aromatic rings. The molecule has 0 radical (unpaired) electrons. The summed E-state index contributed by atoms with van der Waals surface area (Å²) in [6, 6.07) is 7.99. The van der Waals surface area contributed by atoms with Crippen molar-refractivity contribution in [1.29, 1.82) is 0 Å². The largest absolute Gasteiger partial charge is 0.395 e. The van der Waals surface area contributed by atoms with E-state index in [-0.39, 0.29) is 6.61 Å². The van der Waals surface area contributed by atoms with Gasteiger partial charge < -0.3 is 10.0 Å². The number of hydrogen-bond donors (Lipinski definition) is 1. The third-order valence-corrected chi connectivity index (χ3v) is 4.10. The predicted octanol–water partition coefficient (Wildman–Crippen LogP) is 1.79. The van der Waals surface area contributed by atoms with E-state index in [4.69, 9.17) is 4.98 Å². The zero-order valence-electron chi connectivity index (χ0n) is 12.6. The molecule has 114 valence electrons. The lowest BCUT2D eigenvalue weighted by atomic mass is 10.2. The molecule has 0 aliphatic heterocycles. The van der Waals surface area contributed by atoms with Gasteiger partial charge in [-0.1, -0.05) is 12.1 Å². The molecule has 6 nitrogen and oxygen atoms in total. The number of nitrogens with zero attached hydrogens (tertiary/aromatic N) is 5. The van der Waals surface area contributed by atoms with E-state index in [1.165, 1.54) is 12.8 Å². The van der Waals surface area contributed by atoms with E-state index < -0.39 is 0 Å². The van der Waals surface area contributed by atoms with Crippen molar-refractivity contribution in [3.05, 3.63) is 30.1 Å². The fraction of sp³-hybridized carbons (Fsp3) is 0.438. The van der Waals surface area contributed by atoms with E-state index in [9.17, 15) is 5.11 Å². The summed E-state index contributed by atoms with van der Waals surface area (Å²) in [5.41, 5.74) is 1.74. The second kappa shape index (κ2) is 5.21. The van der Waals surface area contributed by atoms with Gasteiger partial charge in [-0.2, -0.15) is 4.52 Å². The summed E-state index contributed by atoms with van der Waals surface area (Å²) < 4.78 is 1.82. The highest BCUT2D eigenvalue weighted by molar-refractivity contribution is 5.92. The summed E-state index contributed by atoms with van der Waals surface area (Å²) in [6.07, 6.45) is 2.52. The first-order chi connectivity index (χ1) is 10.8. The highest BCUT2D eigenvalue weighted by atomic mass is 16.3. The van der Waals surface area contributed by atoms with E-state index in [2.05, 4.69) is 15.0 Å². The molecule has 2 heterocycles. The highest BCUT2D eigenvalue weighted by Gasteiger charge is 2.26. The second-order valence-corrected chi connectivity index (χ2v) is 5.94. The molecule has 0 bridgehead atoms. The number of aliphatic hydroxyl groups is 1. The number of aromatic nitrogens is 4. The maximum absolute atomic E-state index is 9.41. The van der Waals surface area contributed by atoms with Crippen molar-refractivity contribution in [3.63, 3.8) is 0 Å². The van der Waals surface area contributed by atoms with Crippen LogP contribution in [-0.2, 0) is 0 Å². The van der Waals surface area contributed by atoms with Gasteiger partial charge in [-0.25, -0.2) is 9.97 Å². The van der Waals surface area contributed by atoms with Crippen molar-refractivity contribution in [2.24, 2.45) is 5.92 Å². The third kappa shape index (κ3) is 2.29. The number of para-hydroxylation sites is 1. The summed E-state index contributed by atoms with van der Waals surface area (Å²) >= 11 is 0. The Labute approximate surface area is 128 Å². The summed E-state index contributed by atoms with van der Waals surface area (Å²) in [5.74, 6) is 2.21. The van der Waals surface area contributed by atoms with E-state index in [0.717, 1.165) is 34.9 Å². The average Bonchev–Trinajstić information content (AvgIpc) is 3.24. The summed E-state index contributed by atoms with van der Waals surface area (Å²) in [7, 11) is 0. The SMILES string of the molecule is Cc1nc2c3ccccc3nc(N(CCO)CC3CC3)n2n1. The average molecular weight is 297 g/mol. The minimum Gasteiger partial charge on any atom is -0.395 e. The number of aliphatic hydroxyl groups excluding tert-OH is 1. The van der Waals surface area contributed by atoms with Gasteiger partial charge in [0.1, 0.15) is 5.82 Å². The fourth-order valence-electron chi connectivity index (χ4n) is 2.85. The molecule has 0 spiro atoms. The molecule has 1 N–H and O–H groups in total. The number of fused-ring (bicyclic) bond motifs is 3. The highest BCUT2D eigenvalue weighted by Crippen LogP contribution is 2.31. The van der Waals surface area contributed by atoms with Crippen LogP contribution in [0.15, 0.2) is 24.3 Å². The minimum absolute atomic E-state index is 0.108. The second-order valence-electron chi connectivity index (χ2n) is 5.94. The summed E-state index contributed by atoms with van der Waals surface area (Å²) in [4.78, 5) is 11.5. The van der Waals surface area contributed by atoms with E-state index in [0.29, 0.717) is 12.5 Å². The van der Waals surface area contributed by atoms with Crippen molar-refractivity contribution in [3.8, 4) is 0 Å². The van der Waals surface area contributed by atoms with Gasteiger partial charge in [-0.3, -0.25) is 0 Å². The Morgan fingerprint density at radius 1 is 1.27 bits per heavy atom. The van der Waals surface area contributed by atoms with Crippen molar-refractivity contribution < 1.29 is 5.11 Å². The third-order valence-electron chi connectivity index (χ3n) is 4.10. The van der Waals surface area contributed by atoms with Crippen LogP contribution in [0.25, 0.3) is 16.6 Å². The van der Waals surface area contributed by atoms with Crippen molar-refractivity contribution in [2.45, 2.75) is 19.8 Å². The lowest BCUT2D eigenvalue weighted by Gasteiger charge is -2.23. The summed E-state index contributed by atoms with van der Waals surface area (Å²) in [5, 5.41) is 14.9. The zero-order valence-corrected chi connectivity index (χ0v) is 12.6. The monoisotopic (exact) mass is 297 g/mol. The molecule has 0 amide bonds. The van der Waals surface area contributed by atoms with Crippen molar-refractivity contribution in [2.75, 3.05) is 24.6 Å². The molecule has 1 aromatic carbocycles. The Bertz CT molecular complexity index is 824. The molecule has 1 aliphatic rings. The minimum atomic E-state index is 0.108. The van der Waals surface area contributed by atoms with E-state index in [1.54, 1.807) is 0 Å². The van der Waals surface area contributed by atoms with E-state index in [1.807, 2.05) is 35.7 Å². The van der Waals surface area contributed by atoms with Crippen LogP contribution in [0.1, 0.15) is 18.7 Å². The normalized spacial score (nSPS) is 14.8. The first-order valence-electron chi connectivity index (χ1n) is 7.74. The fourth-order valence-corrected chi connectivity index (χ4v) is 2.85. The molecule has 4 rings (SSSR count). The topological polar surface area (TPSA) is 66.5 Å². The number of rotatable bonds is 5. The Kier molecular flexibility index (Phi) is 3.18. The number of benzene rings is 1. The molecule has 1 fully saturated rings. The van der Waals surface area contributed by atoms with Crippen molar-refractivity contribution in [1.82, 2.24) is 19.6 Å². The van der Waals surface area contributed by atoms with Crippen LogP contribution in [0.3, 0.4) is 0 Å². The maximum Gasteiger partial charge on any atom is 0.229 e. The zero-order chi connectivity index (χ0) is 15.1. The first-order valence-corrected chi connectivity index (χ1v) is 7.74. The summed E-state index contributed by atoms with van der Waals surface area (Å²) in [6.45, 7) is 3.48. The molecule has 6 heteroatoms. The Balaban J connectivity index is 1.92. The molecule has 2 aromatic heterocycles. The van der Waals surface area contributed by atoms with Crippen LogP contribution in [0.5, 0.6) is 0 Å². The van der Waals surface area contributed by atoms with Crippen LogP contribution in [0, 0.1) is 12.8 Å². The number of aryl methyl sites for hydroxylation is 1. The molecule has 22 heavy (non-hydrogen) atoms. The van der Waals surface area contributed by atoms with Crippen LogP contribution in [-0.4, -0.2) is 44.4 Å². The van der Waals surface area contributed by atoms with Crippen LogP contribution >= 0.6 is 0 Å². The van der Waals surface area contributed by atoms with Gasteiger partial charge in [-0.15, -0.1) is 5.10 Å². The first kappa shape index (κ1) is 13.5. The van der Waals surface area contributed by atoms with Crippen LogP contribution in [0.2, 0.25) is 0 Å². The maximum atomic E-state index is 9.41. The Hall–Kier alpha value is -2.21. The van der Waals surface area contributed by atoms with Crippen molar-refractivity contribution >= 4 is 22.5 Å². The van der Waals surface area contributed by atoms with Crippen LogP contribution < -0.4 is 4.90 Å². The van der Waals surface area contributed by atoms with Gasteiger partial charge >= 0.3 is 0 Å². The lowest BCUT2D eigenvalue weighted by Crippen LogP contribution is -2.31. The molecule has 0 saturated heterocycles. The van der Waals surface area contributed by atoms with E-state index >= 15 is 0 Å². The van der Waals surface area contributed by atoms with Gasteiger partial charge in [0.15, 0.2) is 5.65 Å². The molecular formula is C16H19N5O. The quantitative estimate of drug-likeness (QED) is 0.778. The van der Waals surface area contributed by atoms with Gasteiger partial charge in [0.05, 0.1) is 12.1 Å². The van der Waals surface area contributed by atoms with Gasteiger partial charge in [0.25, 0.3) is 0 Å². The standard InChI is InChI=1S/C16H19N5O/c1-11-17-15-13-4-2-3-5-14(13)18-16(21(15)19-11)20(8-9-22)10-12-6-7-12/h2-5,12,22H,6-10H2,1H3. The lowest BCUT2D eigenvalue weighted by molar-refractivity contribution is 0.300. The molecular weight excluding hydrogens is 278 g/mol. The van der Waals surface area contributed by atoms with Gasteiger partial charge in [0.2, 0.25) is 5.95 Å². The predicted molar refractivity (Wildman–Crippen MR) is 85.0 cm³/mol. The molecule has 1 saturated carbocycles. The molecule has 0 atom stereocenters. The van der Waals surface area contributed by atoms with Crippen LogP contribution in [0.4, 0.5) is 5.95 Å².